The number of imide groups is 1. The first-order chi connectivity index (χ1) is 15.8. The average Bonchev–Trinajstić information content (AvgIpc) is 3.04. The molecule has 1 N–H and O–H groups in total. The maximum Gasteiger partial charge on any atom is 0.282 e. The van der Waals surface area contributed by atoms with Crippen molar-refractivity contribution in [3.05, 3.63) is 95.2 Å². The second-order valence-electron chi connectivity index (χ2n) is 8.11. The van der Waals surface area contributed by atoms with E-state index in [1.165, 1.54) is 11.8 Å². The van der Waals surface area contributed by atoms with Crippen LogP contribution in [0.4, 0.5) is 17.1 Å². The van der Waals surface area contributed by atoms with Crippen LogP contribution in [-0.2, 0) is 14.4 Å². The minimum atomic E-state index is -0.378. The highest BCUT2D eigenvalue weighted by Crippen LogP contribution is 2.37. The zero-order valence-corrected chi connectivity index (χ0v) is 19.0. The molecule has 4 rings (SSSR count). The molecule has 0 aliphatic carbocycles. The Morgan fingerprint density at radius 2 is 1.55 bits per heavy atom. The Balaban J connectivity index is 1.85. The van der Waals surface area contributed by atoms with Crippen molar-refractivity contribution in [3.8, 4) is 0 Å². The van der Waals surface area contributed by atoms with Gasteiger partial charge in [0.05, 0.1) is 11.3 Å². The van der Waals surface area contributed by atoms with Crippen LogP contribution in [0.5, 0.6) is 0 Å². The lowest BCUT2D eigenvalue weighted by atomic mass is 10.0. The Morgan fingerprint density at radius 1 is 0.879 bits per heavy atom. The van der Waals surface area contributed by atoms with Gasteiger partial charge in [-0.15, -0.1) is 0 Å². The average molecular weight is 440 g/mol. The van der Waals surface area contributed by atoms with Gasteiger partial charge in [0, 0.05) is 25.3 Å². The quantitative estimate of drug-likeness (QED) is 0.586. The summed E-state index contributed by atoms with van der Waals surface area (Å²) in [6.45, 7) is 5.30. The first-order valence-electron chi connectivity index (χ1n) is 10.6. The van der Waals surface area contributed by atoms with E-state index in [1.807, 2.05) is 62.4 Å². The molecule has 0 bridgehead atoms. The van der Waals surface area contributed by atoms with E-state index >= 15 is 0 Å². The molecule has 0 saturated carbocycles. The highest BCUT2D eigenvalue weighted by molar-refractivity contribution is 6.46. The fourth-order valence-corrected chi connectivity index (χ4v) is 4.07. The molecular weight excluding hydrogens is 414 g/mol. The highest BCUT2D eigenvalue weighted by Gasteiger charge is 2.42. The number of rotatable bonds is 5. The molecule has 0 atom stereocenters. The molecule has 0 saturated heterocycles. The Labute approximate surface area is 193 Å². The number of benzene rings is 3. The molecule has 3 amide bonds. The summed E-state index contributed by atoms with van der Waals surface area (Å²) in [4.78, 5) is 41.8. The molecule has 1 aliphatic rings. The van der Waals surface area contributed by atoms with E-state index in [9.17, 15) is 14.4 Å². The van der Waals surface area contributed by atoms with E-state index in [-0.39, 0.29) is 17.7 Å². The number of likely N-dealkylation sites (N-methyl/N-ethyl adjacent to an activating group) is 1. The van der Waals surface area contributed by atoms with Crippen molar-refractivity contribution in [1.82, 2.24) is 0 Å². The second kappa shape index (κ2) is 8.74. The third-order valence-electron chi connectivity index (χ3n) is 5.63. The minimum Gasteiger partial charge on any atom is -0.339 e. The van der Waals surface area contributed by atoms with Crippen LogP contribution in [0, 0.1) is 13.8 Å². The summed E-state index contributed by atoms with van der Waals surface area (Å²) < 4.78 is 0. The summed E-state index contributed by atoms with van der Waals surface area (Å²) in [5.41, 5.74) is 5.11. The Bertz CT molecular complexity index is 1280. The summed E-state index contributed by atoms with van der Waals surface area (Å²) in [6, 6.07) is 22.1. The van der Waals surface area contributed by atoms with E-state index in [0.717, 1.165) is 16.8 Å². The van der Waals surface area contributed by atoms with Gasteiger partial charge in [-0.25, -0.2) is 4.90 Å². The van der Waals surface area contributed by atoms with Crippen molar-refractivity contribution in [2.45, 2.75) is 20.8 Å². The van der Waals surface area contributed by atoms with Gasteiger partial charge < -0.3 is 10.2 Å². The largest absolute Gasteiger partial charge is 0.339 e. The number of amides is 3. The van der Waals surface area contributed by atoms with Crippen LogP contribution in [0.15, 0.2) is 78.5 Å². The number of hydrogen-bond acceptors (Lipinski definition) is 4. The van der Waals surface area contributed by atoms with E-state index < -0.39 is 0 Å². The maximum absolute atomic E-state index is 13.7. The number of aryl methyl sites for hydroxylation is 2. The predicted octanol–water partition coefficient (Wildman–Crippen LogP) is 4.68. The first-order valence-corrected chi connectivity index (χ1v) is 10.6. The molecule has 0 fully saturated rings. The topological polar surface area (TPSA) is 69.7 Å². The number of nitrogens with one attached hydrogen (secondary N) is 1. The number of carbonyl (C=O) groups excluding carboxylic acids is 3. The smallest absolute Gasteiger partial charge is 0.282 e. The van der Waals surface area contributed by atoms with Crippen LogP contribution < -0.4 is 15.1 Å². The highest BCUT2D eigenvalue weighted by atomic mass is 16.2. The molecule has 33 heavy (non-hydrogen) atoms. The van der Waals surface area contributed by atoms with Crippen molar-refractivity contribution >= 4 is 40.4 Å². The molecule has 166 valence electrons. The Kier molecular flexibility index (Phi) is 5.84. The lowest BCUT2D eigenvalue weighted by Gasteiger charge is -2.22. The maximum atomic E-state index is 13.7. The van der Waals surface area contributed by atoms with E-state index in [2.05, 4.69) is 5.32 Å². The van der Waals surface area contributed by atoms with Crippen molar-refractivity contribution in [2.75, 3.05) is 22.2 Å². The SMILES string of the molecule is CC(=O)Nc1ccc(C2=C(N(C)c3ccccc3)C(=O)N(c3ccc(C)cc3C)C2=O)cc1. The molecule has 0 aromatic heterocycles. The Hall–Kier alpha value is -4.19. The van der Waals surface area contributed by atoms with Crippen LogP contribution >= 0.6 is 0 Å². The van der Waals surface area contributed by atoms with Gasteiger partial charge in [0.1, 0.15) is 5.70 Å². The molecule has 3 aromatic carbocycles. The van der Waals surface area contributed by atoms with Crippen molar-refractivity contribution in [1.29, 1.82) is 0 Å². The van der Waals surface area contributed by atoms with Gasteiger partial charge in [-0.1, -0.05) is 48.0 Å². The van der Waals surface area contributed by atoms with E-state index in [0.29, 0.717) is 28.2 Å². The van der Waals surface area contributed by atoms with Gasteiger partial charge in [0.15, 0.2) is 0 Å². The van der Waals surface area contributed by atoms with Crippen LogP contribution in [0.25, 0.3) is 5.57 Å². The molecule has 3 aromatic rings. The number of hydrogen-bond donors (Lipinski definition) is 1. The summed E-state index contributed by atoms with van der Waals surface area (Å²) >= 11 is 0. The standard InChI is InChI=1S/C27H25N3O3/c1-17-10-15-23(18(2)16-17)30-26(32)24(20-11-13-21(14-12-20)28-19(3)31)25(27(30)33)29(4)22-8-6-5-7-9-22/h5-16H,1-4H3,(H,28,31). The number of anilines is 3. The third-order valence-corrected chi connectivity index (χ3v) is 5.63. The van der Waals surface area contributed by atoms with E-state index in [1.54, 1.807) is 36.2 Å². The predicted molar refractivity (Wildman–Crippen MR) is 131 cm³/mol. The molecule has 1 aliphatic heterocycles. The summed E-state index contributed by atoms with van der Waals surface area (Å²) in [5, 5.41) is 2.72. The zero-order chi connectivity index (χ0) is 23.7. The fraction of sp³-hybridized carbons (Fsp3) is 0.148. The van der Waals surface area contributed by atoms with Gasteiger partial charge in [0.25, 0.3) is 11.8 Å². The van der Waals surface area contributed by atoms with Crippen molar-refractivity contribution in [3.63, 3.8) is 0 Å². The molecule has 6 nitrogen and oxygen atoms in total. The number of para-hydroxylation sites is 1. The van der Waals surface area contributed by atoms with Crippen molar-refractivity contribution in [2.24, 2.45) is 0 Å². The van der Waals surface area contributed by atoms with Gasteiger partial charge in [-0.2, -0.15) is 0 Å². The Morgan fingerprint density at radius 3 is 2.15 bits per heavy atom. The van der Waals surface area contributed by atoms with Crippen molar-refractivity contribution < 1.29 is 14.4 Å². The van der Waals surface area contributed by atoms with Crippen LogP contribution in [0.3, 0.4) is 0 Å². The minimum absolute atomic E-state index is 0.181. The van der Waals surface area contributed by atoms with Crippen LogP contribution in [0.1, 0.15) is 23.6 Å². The third kappa shape index (κ3) is 4.15. The summed E-state index contributed by atoms with van der Waals surface area (Å²) in [7, 11) is 1.78. The molecule has 0 spiro atoms. The second-order valence-corrected chi connectivity index (χ2v) is 8.11. The molecular formula is C27H25N3O3. The number of nitrogens with zero attached hydrogens (tertiary/aromatic N) is 2. The van der Waals surface area contributed by atoms with E-state index in [4.69, 9.17) is 0 Å². The number of carbonyl (C=O) groups is 3. The zero-order valence-electron chi connectivity index (χ0n) is 19.0. The van der Waals surface area contributed by atoms with Crippen LogP contribution in [-0.4, -0.2) is 24.8 Å². The van der Waals surface area contributed by atoms with Gasteiger partial charge in [0.2, 0.25) is 5.91 Å². The molecule has 0 radical (unpaired) electrons. The molecule has 6 heteroatoms. The van der Waals surface area contributed by atoms with Gasteiger partial charge >= 0.3 is 0 Å². The molecule has 1 heterocycles. The fourth-order valence-electron chi connectivity index (χ4n) is 4.07. The monoisotopic (exact) mass is 439 g/mol. The van der Waals surface area contributed by atoms with Crippen LogP contribution in [0.2, 0.25) is 0 Å². The summed E-state index contributed by atoms with van der Waals surface area (Å²) in [5.74, 6) is -0.934. The summed E-state index contributed by atoms with van der Waals surface area (Å²) in [6.07, 6.45) is 0. The normalized spacial score (nSPS) is 13.5. The lowest BCUT2D eigenvalue weighted by Crippen LogP contribution is -2.34. The first kappa shape index (κ1) is 22.0. The lowest BCUT2D eigenvalue weighted by molar-refractivity contribution is -0.120. The van der Waals surface area contributed by atoms with Gasteiger partial charge in [-0.3, -0.25) is 14.4 Å². The molecule has 0 unspecified atom stereocenters. The van der Waals surface area contributed by atoms with Gasteiger partial charge in [-0.05, 0) is 55.3 Å².